The average Bonchev–Trinajstić information content (AvgIpc) is 2.89. The first-order chi connectivity index (χ1) is 8.68. The number of fused-ring (bicyclic) bond motifs is 1. The summed E-state index contributed by atoms with van der Waals surface area (Å²) in [6, 6.07) is 7.89. The zero-order chi connectivity index (χ0) is 12.7. The van der Waals surface area contributed by atoms with Crippen LogP contribution in [0, 0.1) is 12.8 Å². The van der Waals surface area contributed by atoms with Gasteiger partial charge in [-0.1, -0.05) is 24.3 Å². The molecular weight excluding hydrogens is 228 g/mol. The van der Waals surface area contributed by atoms with Gasteiger partial charge in [0.2, 0.25) is 0 Å². The van der Waals surface area contributed by atoms with Crippen LogP contribution >= 0.6 is 0 Å². The Bertz CT molecular complexity index is 524. The van der Waals surface area contributed by atoms with Gasteiger partial charge in [0.25, 0.3) is 0 Å². The summed E-state index contributed by atoms with van der Waals surface area (Å²) < 4.78 is 0. The Labute approximate surface area is 106 Å². The van der Waals surface area contributed by atoms with Gasteiger partial charge in [-0.3, -0.25) is 4.90 Å². The fourth-order valence-electron chi connectivity index (χ4n) is 2.98. The summed E-state index contributed by atoms with van der Waals surface area (Å²) in [5.41, 5.74) is 3.44. The van der Waals surface area contributed by atoms with Crippen LogP contribution in [0.1, 0.15) is 17.2 Å². The summed E-state index contributed by atoms with van der Waals surface area (Å²) in [7, 11) is 0. The van der Waals surface area contributed by atoms with E-state index in [4.69, 9.17) is 0 Å². The molecule has 2 aliphatic rings. The van der Waals surface area contributed by atoms with Gasteiger partial charge in [0.1, 0.15) is 0 Å². The molecule has 2 aliphatic heterocycles. The van der Waals surface area contributed by atoms with E-state index in [1.807, 2.05) is 37.4 Å². The summed E-state index contributed by atoms with van der Waals surface area (Å²) in [6.45, 7) is 3.47. The molecule has 0 aromatic heterocycles. The van der Waals surface area contributed by atoms with Crippen LogP contribution < -0.4 is 5.32 Å². The van der Waals surface area contributed by atoms with Crippen LogP contribution in [0.5, 0.6) is 0 Å². The van der Waals surface area contributed by atoms with Crippen LogP contribution in [0.25, 0.3) is 0 Å². The van der Waals surface area contributed by atoms with Crippen molar-refractivity contribution in [1.29, 1.82) is 0 Å². The number of hydrogen-bond acceptors (Lipinski definition) is 2. The molecule has 1 amide bonds. The van der Waals surface area contributed by atoms with E-state index in [1.54, 1.807) is 4.90 Å². The van der Waals surface area contributed by atoms with Crippen LogP contribution in [0.15, 0.2) is 36.0 Å². The Morgan fingerprint density at radius 1 is 1.44 bits per heavy atom. The molecular formula is C14H16N2O2. The van der Waals surface area contributed by atoms with Crippen molar-refractivity contribution in [2.75, 3.05) is 13.1 Å². The molecule has 94 valence electrons. The van der Waals surface area contributed by atoms with Crippen molar-refractivity contribution in [3.05, 3.63) is 47.2 Å². The van der Waals surface area contributed by atoms with Crippen LogP contribution in [-0.2, 0) is 0 Å². The Hall–Kier alpha value is -1.97. The van der Waals surface area contributed by atoms with Crippen molar-refractivity contribution in [3.63, 3.8) is 0 Å². The van der Waals surface area contributed by atoms with Gasteiger partial charge in [-0.2, -0.15) is 0 Å². The third kappa shape index (κ3) is 1.56. The minimum atomic E-state index is -0.835. The first kappa shape index (κ1) is 11.1. The van der Waals surface area contributed by atoms with E-state index in [9.17, 15) is 9.90 Å². The molecule has 2 atom stereocenters. The highest BCUT2D eigenvalue weighted by Crippen LogP contribution is 2.42. The highest BCUT2D eigenvalue weighted by Gasteiger charge is 2.42. The van der Waals surface area contributed by atoms with Crippen molar-refractivity contribution >= 4 is 6.09 Å². The van der Waals surface area contributed by atoms with E-state index in [1.165, 1.54) is 5.57 Å². The average molecular weight is 244 g/mol. The van der Waals surface area contributed by atoms with Gasteiger partial charge in [-0.15, -0.1) is 0 Å². The molecule has 0 spiro atoms. The molecule has 1 aromatic carbocycles. The second-order valence-corrected chi connectivity index (χ2v) is 4.94. The molecule has 0 radical (unpaired) electrons. The first-order valence-corrected chi connectivity index (χ1v) is 6.17. The molecule has 2 heterocycles. The number of rotatable bonds is 1. The summed E-state index contributed by atoms with van der Waals surface area (Å²) >= 11 is 0. The van der Waals surface area contributed by atoms with E-state index in [0.717, 1.165) is 17.7 Å². The van der Waals surface area contributed by atoms with Gasteiger partial charge in [-0.05, 0) is 29.8 Å². The van der Waals surface area contributed by atoms with Gasteiger partial charge in [0, 0.05) is 19.0 Å². The number of nitrogens with zero attached hydrogens (tertiary/aromatic N) is 1. The van der Waals surface area contributed by atoms with Gasteiger partial charge in [0.15, 0.2) is 0 Å². The molecule has 3 rings (SSSR count). The lowest BCUT2D eigenvalue weighted by molar-refractivity contribution is 0.141. The van der Waals surface area contributed by atoms with Gasteiger partial charge in [-0.25, -0.2) is 4.79 Å². The van der Waals surface area contributed by atoms with Crippen LogP contribution in [-0.4, -0.2) is 29.2 Å². The number of amides is 1. The number of likely N-dealkylation sites (tertiary alicyclic amines) is 1. The van der Waals surface area contributed by atoms with E-state index in [0.29, 0.717) is 12.5 Å². The number of carboxylic acid groups (broad SMARTS) is 1. The highest BCUT2D eigenvalue weighted by atomic mass is 16.4. The van der Waals surface area contributed by atoms with Crippen molar-refractivity contribution < 1.29 is 9.90 Å². The molecule has 0 saturated carbocycles. The molecule has 2 N–H and O–H groups in total. The fraction of sp³-hybridized carbons (Fsp3) is 0.357. The number of carbonyl (C=O) groups is 1. The number of nitrogens with one attached hydrogen (secondary N) is 1. The number of benzene rings is 1. The smallest absolute Gasteiger partial charge is 0.408 e. The van der Waals surface area contributed by atoms with Crippen molar-refractivity contribution in [2.45, 2.75) is 13.0 Å². The minimum absolute atomic E-state index is 0.122. The Kier molecular flexibility index (Phi) is 2.51. The lowest BCUT2D eigenvalue weighted by atomic mass is 9.93. The molecule has 1 saturated heterocycles. The summed E-state index contributed by atoms with van der Waals surface area (Å²) in [5.74, 6) is 0.325. The predicted molar refractivity (Wildman–Crippen MR) is 68.2 cm³/mol. The SMILES string of the molecule is Cc1ccccc1C1C2=CNCC2CN1C(=O)O. The standard InChI is InChI=1S/C14H16N2O2/c1-9-4-2-3-5-11(9)13-12-7-15-6-10(12)8-16(13)14(17)18/h2-5,7,10,13,15H,6,8H2,1H3,(H,17,18). The van der Waals surface area contributed by atoms with E-state index >= 15 is 0 Å². The minimum Gasteiger partial charge on any atom is -0.465 e. The third-order valence-corrected chi connectivity index (χ3v) is 3.88. The van der Waals surface area contributed by atoms with Gasteiger partial charge < -0.3 is 10.4 Å². The molecule has 4 heteroatoms. The largest absolute Gasteiger partial charge is 0.465 e. The maximum absolute atomic E-state index is 11.4. The Morgan fingerprint density at radius 3 is 2.94 bits per heavy atom. The molecule has 1 aromatic rings. The normalized spacial score (nSPS) is 25.6. The zero-order valence-electron chi connectivity index (χ0n) is 10.3. The highest BCUT2D eigenvalue weighted by molar-refractivity contribution is 5.68. The topological polar surface area (TPSA) is 52.6 Å². The maximum atomic E-state index is 11.4. The number of hydrogen-bond donors (Lipinski definition) is 2. The fourth-order valence-corrected chi connectivity index (χ4v) is 2.98. The van der Waals surface area contributed by atoms with E-state index in [-0.39, 0.29) is 6.04 Å². The van der Waals surface area contributed by atoms with Gasteiger partial charge in [0.05, 0.1) is 6.04 Å². The van der Waals surface area contributed by atoms with Crippen LogP contribution in [0.2, 0.25) is 0 Å². The second kappa shape index (κ2) is 4.05. The first-order valence-electron chi connectivity index (χ1n) is 6.17. The molecule has 0 aliphatic carbocycles. The number of aryl methyl sites for hydroxylation is 1. The van der Waals surface area contributed by atoms with Gasteiger partial charge >= 0.3 is 6.09 Å². The van der Waals surface area contributed by atoms with E-state index in [2.05, 4.69) is 5.32 Å². The second-order valence-electron chi connectivity index (χ2n) is 4.94. The lowest BCUT2D eigenvalue weighted by Crippen LogP contribution is -2.31. The van der Waals surface area contributed by atoms with E-state index < -0.39 is 6.09 Å². The van der Waals surface area contributed by atoms with Crippen LogP contribution in [0.4, 0.5) is 4.79 Å². The monoisotopic (exact) mass is 244 g/mol. The third-order valence-electron chi connectivity index (χ3n) is 3.88. The van der Waals surface area contributed by atoms with Crippen molar-refractivity contribution in [2.24, 2.45) is 5.92 Å². The molecule has 0 bridgehead atoms. The summed E-state index contributed by atoms with van der Waals surface area (Å²) in [5, 5.41) is 12.6. The summed E-state index contributed by atoms with van der Waals surface area (Å²) in [6.07, 6.45) is 1.16. The quantitative estimate of drug-likeness (QED) is 0.795. The lowest BCUT2D eigenvalue weighted by Gasteiger charge is -2.24. The molecule has 2 unspecified atom stereocenters. The van der Waals surface area contributed by atoms with Crippen LogP contribution in [0.3, 0.4) is 0 Å². The summed E-state index contributed by atoms with van der Waals surface area (Å²) in [4.78, 5) is 13.0. The Morgan fingerprint density at radius 2 is 2.22 bits per heavy atom. The molecule has 4 nitrogen and oxygen atoms in total. The Balaban J connectivity index is 2.06. The van der Waals surface area contributed by atoms with Crippen molar-refractivity contribution in [1.82, 2.24) is 10.2 Å². The predicted octanol–water partition coefficient (Wildman–Crippen LogP) is 2.13. The zero-order valence-corrected chi connectivity index (χ0v) is 10.3. The molecule has 18 heavy (non-hydrogen) atoms. The maximum Gasteiger partial charge on any atom is 0.408 e. The van der Waals surface area contributed by atoms with Crippen molar-refractivity contribution in [3.8, 4) is 0 Å². The molecule has 1 fully saturated rings.